The number of benzene rings is 2. The maximum absolute atomic E-state index is 14.4. The van der Waals surface area contributed by atoms with Gasteiger partial charge in [-0.25, -0.2) is 9.59 Å². The summed E-state index contributed by atoms with van der Waals surface area (Å²) >= 11 is 0. The molecule has 224 valence electrons. The smallest absolute Gasteiger partial charge is 0.458 e. The third-order valence-corrected chi connectivity index (χ3v) is 8.79. The van der Waals surface area contributed by atoms with Gasteiger partial charge in [-0.2, -0.15) is 0 Å². The Hall–Kier alpha value is -3.68. The highest BCUT2D eigenvalue weighted by atomic mass is 16.8. The summed E-state index contributed by atoms with van der Waals surface area (Å²) in [6, 6.07) is 18.5. The van der Waals surface area contributed by atoms with Crippen molar-refractivity contribution in [1.29, 1.82) is 0 Å². The Morgan fingerprint density at radius 3 is 2.12 bits per heavy atom. The fraction of sp³-hybridized carbons (Fsp3) is 0.429. The fourth-order valence-electron chi connectivity index (χ4n) is 6.74. The first-order valence-electron chi connectivity index (χ1n) is 15.1. The van der Waals surface area contributed by atoms with Crippen LogP contribution in [0.15, 0.2) is 97.1 Å². The zero-order chi connectivity index (χ0) is 30.0. The van der Waals surface area contributed by atoms with Crippen LogP contribution in [0, 0.1) is 0 Å². The highest BCUT2D eigenvalue weighted by molar-refractivity contribution is 5.88. The highest BCUT2D eigenvalue weighted by Crippen LogP contribution is 2.41. The Bertz CT molecular complexity index is 1210. The monoisotopic (exact) mass is 574 g/mol. The van der Waals surface area contributed by atoms with E-state index in [2.05, 4.69) is 13.8 Å². The Kier molecular flexibility index (Phi) is 10.8. The van der Waals surface area contributed by atoms with Gasteiger partial charge >= 0.3 is 12.1 Å². The SMILES string of the molecule is C\C=C/C=C\C=C\C(O)OC(=O)OC(C(=O)OC1CC(C)[N+]2(CCCC2)C(CC)C1)(c1ccccc1)c1ccccc1. The topological polar surface area (TPSA) is 82.1 Å². The van der Waals surface area contributed by atoms with E-state index in [0.717, 1.165) is 23.7 Å². The van der Waals surface area contributed by atoms with Crippen molar-refractivity contribution in [3.8, 4) is 0 Å². The minimum atomic E-state index is -1.93. The van der Waals surface area contributed by atoms with Crippen LogP contribution in [0.2, 0.25) is 0 Å². The Morgan fingerprint density at radius 1 is 0.952 bits per heavy atom. The lowest BCUT2D eigenvalue weighted by atomic mass is 9.85. The van der Waals surface area contributed by atoms with Gasteiger partial charge in [0, 0.05) is 36.8 Å². The number of carbonyl (C=O) groups excluding carboxylic acids is 2. The molecule has 1 spiro atoms. The summed E-state index contributed by atoms with van der Waals surface area (Å²) in [6.45, 7) is 8.73. The quantitative estimate of drug-likeness (QED) is 0.150. The summed E-state index contributed by atoms with van der Waals surface area (Å²) in [5.41, 5.74) is -1.08. The van der Waals surface area contributed by atoms with Gasteiger partial charge in [0.15, 0.2) is 0 Å². The number of quaternary nitrogens is 1. The van der Waals surface area contributed by atoms with E-state index in [4.69, 9.17) is 14.2 Å². The third-order valence-electron chi connectivity index (χ3n) is 8.79. The molecule has 2 fully saturated rings. The van der Waals surface area contributed by atoms with Crippen LogP contribution in [0.1, 0.15) is 64.0 Å². The van der Waals surface area contributed by atoms with E-state index in [1.165, 1.54) is 32.0 Å². The van der Waals surface area contributed by atoms with Crippen molar-refractivity contribution in [2.24, 2.45) is 0 Å². The van der Waals surface area contributed by atoms with Crippen molar-refractivity contribution >= 4 is 12.1 Å². The largest absolute Gasteiger partial charge is 0.512 e. The number of aliphatic hydroxyl groups excluding tert-OH is 1. The molecule has 7 nitrogen and oxygen atoms in total. The molecular formula is C35H44NO6+. The van der Waals surface area contributed by atoms with E-state index in [0.29, 0.717) is 23.2 Å². The molecule has 0 radical (unpaired) electrons. The number of allylic oxidation sites excluding steroid dienone is 5. The van der Waals surface area contributed by atoms with Gasteiger partial charge in [-0.15, -0.1) is 0 Å². The second kappa shape index (κ2) is 14.5. The molecule has 4 atom stereocenters. The van der Waals surface area contributed by atoms with Crippen molar-refractivity contribution in [1.82, 2.24) is 0 Å². The fourth-order valence-corrected chi connectivity index (χ4v) is 6.74. The molecule has 2 aliphatic rings. The number of nitrogens with zero attached hydrogens (tertiary/aromatic N) is 1. The standard InChI is InChI=1S/C35H44NO6/c1-4-6-7-8-15-22-32(37)41-34(39)42-35(28-18-11-9-12-19-28,29-20-13-10-14-21-29)33(38)40-31-25-27(3)36(23-16-17-24-36)30(5-2)26-31/h4,6-15,18-22,27,30-32,37H,5,16-17,23-26H2,1-3H3/q+1/b6-4-,8-7-,22-15+. The van der Waals surface area contributed by atoms with Crippen LogP contribution in [0.3, 0.4) is 0 Å². The molecule has 0 bridgehead atoms. The zero-order valence-corrected chi connectivity index (χ0v) is 24.9. The molecule has 0 aromatic heterocycles. The van der Waals surface area contributed by atoms with Crippen LogP contribution >= 0.6 is 0 Å². The number of ether oxygens (including phenoxy) is 3. The van der Waals surface area contributed by atoms with Gasteiger partial charge in [0.05, 0.1) is 25.2 Å². The van der Waals surface area contributed by atoms with Crippen LogP contribution < -0.4 is 0 Å². The van der Waals surface area contributed by atoms with E-state index in [1.807, 2.05) is 31.2 Å². The molecule has 2 aromatic carbocycles. The molecule has 4 unspecified atom stereocenters. The number of hydrogen-bond acceptors (Lipinski definition) is 6. The maximum atomic E-state index is 14.4. The molecule has 2 heterocycles. The normalized spacial score (nSPS) is 23.0. The van der Waals surface area contributed by atoms with Gasteiger partial charge in [0.25, 0.3) is 5.60 Å². The van der Waals surface area contributed by atoms with Gasteiger partial charge < -0.3 is 23.8 Å². The molecule has 0 saturated carbocycles. The molecule has 0 amide bonds. The Morgan fingerprint density at radius 2 is 1.55 bits per heavy atom. The van der Waals surface area contributed by atoms with Crippen molar-refractivity contribution in [3.63, 3.8) is 0 Å². The number of piperidine rings is 1. The summed E-state index contributed by atoms with van der Waals surface area (Å²) in [5.74, 6) is -0.682. The van der Waals surface area contributed by atoms with Gasteiger partial charge in [0.1, 0.15) is 6.10 Å². The predicted octanol–water partition coefficient (Wildman–Crippen LogP) is 6.57. The summed E-state index contributed by atoms with van der Waals surface area (Å²) in [5, 5.41) is 10.3. The molecule has 2 saturated heterocycles. The van der Waals surface area contributed by atoms with Gasteiger partial charge in [0.2, 0.25) is 6.29 Å². The van der Waals surface area contributed by atoms with Crippen molar-refractivity contribution in [2.45, 2.75) is 83.0 Å². The summed E-state index contributed by atoms with van der Waals surface area (Å²) in [6.07, 6.45) is 11.9. The van der Waals surface area contributed by atoms with E-state index in [9.17, 15) is 14.7 Å². The summed E-state index contributed by atoms with van der Waals surface area (Å²) in [4.78, 5) is 27.6. The van der Waals surface area contributed by atoms with Crippen LogP contribution in [-0.4, -0.2) is 59.3 Å². The van der Waals surface area contributed by atoms with Crippen LogP contribution in [-0.2, 0) is 24.6 Å². The lowest BCUT2D eigenvalue weighted by molar-refractivity contribution is -0.967. The minimum absolute atomic E-state index is 0.314. The second-order valence-corrected chi connectivity index (χ2v) is 11.2. The first-order valence-corrected chi connectivity index (χ1v) is 15.1. The molecule has 2 aliphatic heterocycles. The van der Waals surface area contributed by atoms with E-state index in [1.54, 1.807) is 66.8 Å². The predicted molar refractivity (Wildman–Crippen MR) is 162 cm³/mol. The van der Waals surface area contributed by atoms with Gasteiger partial charge in [-0.1, -0.05) is 98.0 Å². The van der Waals surface area contributed by atoms with Crippen molar-refractivity contribution < 1.29 is 33.4 Å². The van der Waals surface area contributed by atoms with E-state index < -0.39 is 24.0 Å². The average Bonchev–Trinajstić information content (AvgIpc) is 3.49. The zero-order valence-electron chi connectivity index (χ0n) is 24.9. The lowest BCUT2D eigenvalue weighted by Gasteiger charge is -2.51. The molecular weight excluding hydrogens is 530 g/mol. The van der Waals surface area contributed by atoms with Crippen molar-refractivity contribution in [3.05, 3.63) is 108 Å². The van der Waals surface area contributed by atoms with Crippen LogP contribution in [0.25, 0.3) is 0 Å². The molecule has 1 N–H and O–H groups in total. The third kappa shape index (κ3) is 6.85. The molecule has 4 rings (SSSR count). The maximum Gasteiger partial charge on any atom is 0.512 e. The number of esters is 1. The Labute approximate surface area is 249 Å². The van der Waals surface area contributed by atoms with Gasteiger partial charge in [-0.05, 0) is 26.3 Å². The second-order valence-electron chi connectivity index (χ2n) is 11.2. The minimum Gasteiger partial charge on any atom is -0.458 e. The molecule has 7 heteroatoms. The average molecular weight is 575 g/mol. The first kappa shape index (κ1) is 31.3. The first-order chi connectivity index (χ1) is 20.4. The summed E-state index contributed by atoms with van der Waals surface area (Å²) < 4.78 is 18.5. The molecule has 0 aliphatic carbocycles. The number of rotatable bonds is 10. The molecule has 2 aromatic rings. The number of aliphatic hydroxyl groups is 1. The van der Waals surface area contributed by atoms with E-state index >= 15 is 0 Å². The summed E-state index contributed by atoms with van der Waals surface area (Å²) in [7, 11) is 0. The van der Waals surface area contributed by atoms with E-state index in [-0.39, 0.29) is 6.10 Å². The molecule has 42 heavy (non-hydrogen) atoms. The van der Waals surface area contributed by atoms with Crippen LogP contribution in [0.5, 0.6) is 0 Å². The van der Waals surface area contributed by atoms with Crippen molar-refractivity contribution in [2.75, 3.05) is 13.1 Å². The Balaban J connectivity index is 1.63. The van der Waals surface area contributed by atoms with Gasteiger partial charge in [-0.3, -0.25) is 0 Å². The number of carbonyl (C=O) groups is 2. The lowest BCUT2D eigenvalue weighted by Crippen LogP contribution is -2.63. The number of hydrogen-bond donors (Lipinski definition) is 1. The van der Waals surface area contributed by atoms with Crippen LogP contribution in [0.4, 0.5) is 4.79 Å². The highest BCUT2D eigenvalue weighted by Gasteiger charge is 2.53.